The summed E-state index contributed by atoms with van der Waals surface area (Å²) >= 11 is 0. The maximum Gasteiger partial charge on any atom is 0.193 e. The molecule has 0 saturated carbocycles. The van der Waals surface area contributed by atoms with Gasteiger partial charge in [0.1, 0.15) is 0 Å². The lowest BCUT2D eigenvalue weighted by atomic mass is 10.1. The van der Waals surface area contributed by atoms with E-state index in [1.54, 1.807) is 14.2 Å². The Morgan fingerprint density at radius 3 is 2.40 bits per heavy atom. The van der Waals surface area contributed by atoms with E-state index in [2.05, 4.69) is 47.3 Å². The van der Waals surface area contributed by atoms with Crippen molar-refractivity contribution >= 4 is 11.6 Å². The smallest absolute Gasteiger partial charge is 0.193 e. The Kier molecular flexibility index (Phi) is 7.54. The van der Waals surface area contributed by atoms with Crippen LogP contribution in [0.1, 0.15) is 25.0 Å². The van der Waals surface area contributed by atoms with E-state index >= 15 is 0 Å². The predicted molar refractivity (Wildman–Crippen MR) is 120 cm³/mol. The molecule has 2 aromatic rings. The van der Waals surface area contributed by atoms with Gasteiger partial charge in [0.05, 0.1) is 33.0 Å². The van der Waals surface area contributed by atoms with Crippen LogP contribution in [-0.4, -0.2) is 50.4 Å². The van der Waals surface area contributed by atoms with Gasteiger partial charge in [-0.25, -0.2) is 4.99 Å². The molecule has 7 nitrogen and oxygen atoms in total. The fraction of sp³-hybridized carbons (Fsp3) is 0.435. The number of benzene rings is 2. The van der Waals surface area contributed by atoms with Crippen molar-refractivity contribution in [1.29, 1.82) is 0 Å². The number of nitrogens with one attached hydrogen (secondary N) is 1. The average molecular weight is 413 g/mol. The van der Waals surface area contributed by atoms with Gasteiger partial charge in [0.25, 0.3) is 0 Å². The van der Waals surface area contributed by atoms with Crippen LogP contribution in [0.4, 0.5) is 5.69 Å². The summed E-state index contributed by atoms with van der Waals surface area (Å²) in [5.74, 6) is 1.65. The fourth-order valence-corrected chi connectivity index (χ4v) is 3.79. The lowest BCUT2D eigenvalue weighted by Gasteiger charge is -2.35. The SMILES string of the molecule is COc1ccc(NC(N)=NCc2ccccc2CN2CC(C)OC(C)C2)cc1OC. The molecule has 2 unspecified atom stereocenters. The van der Waals surface area contributed by atoms with Gasteiger partial charge in [0.2, 0.25) is 0 Å². The minimum absolute atomic E-state index is 0.250. The summed E-state index contributed by atoms with van der Waals surface area (Å²) in [6, 6.07) is 13.9. The lowest BCUT2D eigenvalue weighted by Crippen LogP contribution is -2.44. The van der Waals surface area contributed by atoms with Crippen molar-refractivity contribution in [2.45, 2.75) is 39.1 Å². The zero-order valence-electron chi connectivity index (χ0n) is 18.2. The van der Waals surface area contributed by atoms with Crippen LogP contribution in [0, 0.1) is 0 Å². The monoisotopic (exact) mass is 412 g/mol. The van der Waals surface area contributed by atoms with Crippen molar-refractivity contribution in [2.24, 2.45) is 10.7 Å². The predicted octanol–water partition coefficient (Wildman–Crippen LogP) is 3.24. The van der Waals surface area contributed by atoms with Gasteiger partial charge in [-0.2, -0.15) is 0 Å². The first-order valence-corrected chi connectivity index (χ1v) is 10.2. The third-order valence-corrected chi connectivity index (χ3v) is 5.08. The molecular formula is C23H32N4O3. The highest BCUT2D eigenvalue weighted by atomic mass is 16.5. The summed E-state index contributed by atoms with van der Waals surface area (Å²) in [4.78, 5) is 6.98. The molecule has 2 aromatic carbocycles. The van der Waals surface area contributed by atoms with E-state index in [9.17, 15) is 0 Å². The van der Waals surface area contributed by atoms with Gasteiger partial charge >= 0.3 is 0 Å². The third-order valence-electron chi connectivity index (χ3n) is 5.08. The zero-order valence-corrected chi connectivity index (χ0v) is 18.2. The number of hydrogen-bond acceptors (Lipinski definition) is 5. The van der Waals surface area contributed by atoms with Crippen LogP contribution in [0.5, 0.6) is 11.5 Å². The number of guanidine groups is 1. The highest BCUT2D eigenvalue weighted by molar-refractivity contribution is 5.92. The Morgan fingerprint density at radius 2 is 1.73 bits per heavy atom. The summed E-state index contributed by atoms with van der Waals surface area (Å²) in [5, 5.41) is 3.12. The molecule has 0 radical (unpaired) electrons. The topological polar surface area (TPSA) is 81.3 Å². The molecule has 3 rings (SSSR count). The summed E-state index contributed by atoms with van der Waals surface area (Å²) in [7, 11) is 3.21. The molecule has 1 aliphatic heterocycles. The number of hydrogen-bond donors (Lipinski definition) is 2. The van der Waals surface area contributed by atoms with Crippen molar-refractivity contribution in [1.82, 2.24) is 4.90 Å². The number of ether oxygens (including phenoxy) is 3. The summed E-state index contributed by atoms with van der Waals surface area (Å²) in [6.07, 6.45) is 0.500. The first kappa shape index (κ1) is 21.9. The van der Waals surface area contributed by atoms with Gasteiger partial charge in [0, 0.05) is 31.4 Å². The Balaban J connectivity index is 1.65. The molecule has 0 spiro atoms. The molecule has 0 amide bonds. The molecule has 162 valence electrons. The maximum atomic E-state index is 6.13. The van der Waals surface area contributed by atoms with Crippen molar-refractivity contribution in [3.8, 4) is 11.5 Å². The summed E-state index contributed by atoms with van der Waals surface area (Å²) < 4.78 is 16.4. The molecular weight excluding hydrogens is 380 g/mol. The molecule has 30 heavy (non-hydrogen) atoms. The molecule has 7 heteroatoms. The fourth-order valence-electron chi connectivity index (χ4n) is 3.79. The largest absolute Gasteiger partial charge is 0.493 e. The van der Waals surface area contributed by atoms with E-state index in [1.807, 2.05) is 24.3 Å². The second-order valence-corrected chi connectivity index (χ2v) is 7.62. The van der Waals surface area contributed by atoms with Crippen LogP contribution < -0.4 is 20.5 Å². The standard InChI is InChI=1S/C23H32N4O3/c1-16-13-27(14-17(2)30-16)15-19-8-6-5-7-18(19)12-25-23(24)26-20-9-10-21(28-3)22(11-20)29-4/h5-11,16-17H,12-15H2,1-4H3,(H3,24,25,26). The minimum Gasteiger partial charge on any atom is -0.493 e. The van der Waals surface area contributed by atoms with Crippen LogP contribution in [0.3, 0.4) is 0 Å². The lowest BCUT2D eigenvalue weighted by molar-refractivity contribution is -0.0705. The van der Waals surface area contributed by atoms with Gasteiger partial charge in [-0.15, -0.1) is 0 Å². The van der Waals surface area contributed by atoms with Gasteiger partial charge in [-0.05, 0) is 37.1 Å². The average Bonchev–Trinajstić information content (AvgIpc) is 2.72. The van der Waals surface area contributed by atoms with E-state index in [-0.39, 0.29) is 12.2 Å². The Hall–Kier alpha value is -2.77. The Bertz CT molecular complexity index is 861. The highest BCUT2D eigenvalue weighted by Gasteiger charge is 2.22. The van der Waals surface area contributed by atoms with Crippen LogP contribution >= 0.6 is 0 Å². The molecule has 1 saturated heterocycles. The van der Waals surface area contributed by atoms with Crippen LogP contribution in [0.15, 0.2) is 47.5 Å². The molecule has 0 aliphatic carbocycles. The van der Waals surface area contributed by atoms with Gasteiger partial charge in [-0.3, -0.25) is 4.90 Å². The van der Waals surface area contributed by atoms with E-state index < -0.39 is 0 Å². The van der Waals surface area contributed by atoms with E-state index in [0.29, 0.717) is 24.0 Å². The summed E-state index contributed by atoms with van der Waals surface area (Å²) in [5.41, 5.74) is 9.35. The van der Waals surface area contributed by atoms with Crippen molar-refractivity contribution in [3.63, 3.8) is 0 Å². The maximum absolute atomic E-state index is 6.13. The minimum atomic E-state index is 0.250. The molecule has 1 heterocycles. The third kappa shape index (κ3) is 5.87. The number of morpholine rings is 1. The van der Waals surface area contributed by atoms with Gasteiger partial charge in [-0.1, -0.05) is 24.3 Å². The first-order valence-electron chi connectivity index (χ1n) is 10.2. The Morgan fingerprint density at radius 1 is 1.07 bits per heavy atom. The normalized spacial score (nSPS) is 20.1. The number of methoxy groups -OCH3 is 2. The van der Waals surface area contributed by atoms with Crippen LogP contribution in [-0.2, 0) is 17.8 Å². The summed E-state index contributed by atoms with van der Waals surface area (Å²) in [6.45, 7) is 7.51. The van der Waals surface area contributed by atoms with Crippen LogP contribution in [0.2, 0.25) is 0 Å². The van der Waals surface area contributed by atoms with E-state index in [0.717, 1.165) is 25.3 Å². The van der Waals surface area contributed by atoms with E-state index in [1.165, 1.54) is 11.1 Å². The second-order valence-electron chi connectivity index (χ2n) is 7.62. The number of rotatable bonds is 7. The molecule has 1 aliphatic rings. The number of nitrogens with zero attached hydrogens (tertiary/aromatic N) is 2. The van der Waals surface area contributed by atoms with Gasteiger partial charge in [0.15, 0.2) is 17.5 Å². The molecule has 0 aromatic heterocycles. The highest BCUT2D eigenvalue weighted by Crippen LogP contribution is 2.29. The molecule has 0 bridgehead atoms. The quantitative estimate of drug-likeness (QED) is 0.537. The van der Waals surface area contributed by atoms with Gasteiger partial charge < -0.3 is 25.3 Å². The second kappa shape index (κ2) is 10.3. The van der Waals surface area contributed by atoms with Crippen molar-refractivity contribution in [2.75, 3.05) is 32.6 Å². The van der Waals surface area contributed by atoms with Crippen molar-refractivity contribution in [3.05, 3.63) is 53.6 Å². The zero-order chi connectivity index (χ0) is 21.5. The Labute approximate surface area is 178 Å². The number of anilines is 1. The first-order chi connectivity index (χ1) is 14.5. The number of aliphatic imine (C=N–C) groups is 1. The molecule has 2 atom stereocenters. The molecule has 1 fully saturated rings. The molecule has 3 N–H and O–H groups in total. The van der Waals surface area contributed by atoms with Crippen LogP contribution in [0.25, 0.3) is 0 Å². The van der Waals surface area contributed by atoms with Crippen molar-refractivity contribution < 1.29 is 14.2 Å². The van der Waals surface area contributed by atoms with E-state index in [4.69, 9.17) is 19.9 Å². The number of nitrogens with two attached hydrogens (primary N) is 1.